The van der Waals surface area contributed by atoms with E-state index in [2.05, 4.69) is 22.4 Å². The van der Waals surface area contributed by atoms with Crippen molar-refractivity contribution in [1.82, 2.24) is 5.32 Å². The SMILES string of the molecule is COc1ccccc1N1CC[NH+](CC(=O)N[C@@](C)(C#N)C2CC2)CC1. The smallest absolute Gasteiger partial charge is 0.276 e. The number of ether oxygens (including phenoxy) is 1. The van der Waals surface area contributed by atoms with E-state index in [1.54, 1.807) is 7.11 Å². The number of piperazine rings is 1. The summed E-state index contributed by atoms with van der Waals surface area (Å²) in [4.78, 5) is 15.9. The Labute approximate surface area is 149 Å². The van der Waals surface area contributed by atoms with Gasteiger partial charge in [-0.3, -0.25) is 4.79 Å². The molecule has 2 fully saturated rings. The molecule has 0 bridgehead atoms. The minimum absolute atomic E-state index is 0.0170. The summed E-state index contributed by atoms with van der Waals surface area (Å²) in [5, 5.41) is 12.3. The van der Waals surface area contributed by atoms with Gasteiger partial charge in [0.05, 0.1) is 45.0 Å². The second-order valence-electron chi connectivity index (χ2n) is 7.22. The summed E-state index contributed by atoms with van der Waals surface area (Å²) in [5.41, 5.74) is 0.412. The second-order valence-corrected chi connectivity index (χ2v) is 7.22. The first-order valence-electron chi connectivity index (χ1n) is 8.99. The molecule has 1 heterocycles. The van der Waals surface area contributed by atoms with E-state index in [4.69, 9.17) is 4.74 Å². The van der Waals surface area contributed by atoms with Crippen molar-refractivity contribution >= 4 is 11.6 Å². The molecule has 2 aliphatic rings. The van der Waals surface area contributed by atoms with Crippen molar-refractivity contribution in [3.05, 3.63) is 24.3 Å². The zero-order valence-corrected chi connectivity index (χ0v) is 15.0. The fourth-order valence-corrected chi connectivity index (χ4v) is 3.57. The van der Waals surface area contributed by atoms with Gasteiger partial charge in [0.2, 0.25) is 0 Å². The lowest BCUT2D eigenvalue weighted by Crippen LogP contribution is -3.16. The summed E-state index contributed by atoms with van der Waals surface area (Å²) in [7, 11) is 1.69. The van der Waals surface area contributed by atoms with E-state index in [0.29, 0.717) is 12.5 Å². The molecule has 1 aliphatic heterocycles. The Morgan fingerprint density at radius 2 is 2.08 bits per heavy atom. The molecule has 134 valence electrons. The highest BCUT2D eigenvalue weighted by Crippen LogP contribution is 2.39. The van der Waals surface area contributed by atoms with Crippen LogP contribution in [0.15, 0.2) is 24.3 Å². The van der Waals surface area contributed by atoms with Crippen LogP contribution in [-0.2, 0) is 4.79 Å². The first-order chi connectivity index (χ1) is 12.1. The fourth-order valence-electron chi connectivity index (χ4n) is 3.57. The first kappa shape index (κ1) is 17.6. The third-order valence-electron chi connectivity index (χ3n) is 5.33. The number of amides is 1. The molecule has 0 radical (unpaired) electrons. The Bertz CT molecular complexity index is 660. The lowest BCUT2D eigenvalue weighted by Gasteiger charge is -2.34. The van der Waals surface area contributed by atoms with Gasteiger partial charge in [0.15, 0.2) is 6.54 Å². The maximum absolute atomic E-state index is 12.4. The third-order valence-corrected chi connectivity index (χ3v) is 5.33. The molecular formula is C19H27N4O2+. The van der Waals surface area contributed by atoms with Crippen molar-refractivity contribution in [2.45, 2.75) is 25.3 Å². The summed E-state index contributed by atoms with van der Waals surface area (Å²) in [6.07, 6.45) is 2.07. The van der Waals surface area contributed by atoms with Crippen LogP contribution in [0.3, 0.4) is 0 Å². The largest absolute Gasteiger partial charge is 0.495 e. The Hall–Kier alpha value is -2.26. The molecule has 1 aromatic rings. The van der Waals surface area contributed by atoms with Crippen molar-refractivity contribution in [2.24, 2.45) is 5.92 Å². The van der Waals surface area contributed by atoms with Crippen molar-refractivity contribution in [3.63, 3.8) is 0 Å². The van der Waals surface area contributed by atoms with Crippen LogP contribution in [0.5, 0.6) is 5.75 Å². The van der Waals surface area contributed by atoms with E-state index in [9.17, 15) is 10.1 Å². The van der Waals surface area contributed by atoms with E-state index in [1.165, 1.54) is 4.90 Å². The van der Waals surface area contributed by atoms with Crippen LogP contribution in [0, 0.1) is 17.2 Å². The third kappa shape index (κ3) is 4.05. The zero-order chi connectivity index (χ0) is 17.9. The molecular weight excluding hydrogens is 316 g/mol. The number of methoxy groups -OCH3 is 1. The van der Waals surface area contributed by atoms with E-state index >= 15 is 0 Å². The van der Waals surface area contributed by atoms with E-state index in [0.717, 1.165) is 50.5 Å². The summed E-state index contributed by atoms with van der Waals surface area (Å²) in [5.74, 6) is 1.19. The van der Waals surface area contributed by atoms with Crippen LogP contribution in [0.4, 0.5) is 5.69 Å². The molecule has 1 aliphatic carbocycles. The molecule has 25 heavy (non-hydrogen) atoms. The molecule has 3 rings (SSSR count). The number of nitrogens with one attached hydrogen (secondary N) is 2. The lowest BCUT2D eigenvalue weighted by atomic mass is 9.98. The Kier molecular flexibility index (Phi) is 5.14. The monoisotopic (exact) mass is 343 g/mol. The fraction of sp³-hybridized carbons (Fsp3) is 0.579. The van der Waals surface area contributed by atoms with Crippen molar-refractivity contribution in [2.75, 3.05) is 44.7 Å². The van der Waals surface area contributed by atoms with Crippen LogP contribution in [0.1, 0.15) is 19.8 Å². The normalized spacial score (nSPS) is 20.4. The number of nitrogens with zero attached hydrogens (tertiary/aromatic N) is 2. The molecule has 0 aromatic heterocycles. The number of hydrogen-bond acceptors (Lipinski definition) is 4. The molecule has 1 aromatic carbocycles. The van der Waals surface area contributed by atoms with Gasteiger partial charge in [0.1, 0.15) is 11.3 Å². The average molecular weight is 343 g/mol. The van der Waals surface area contributed by atoms with Gasteiger partial charge in [-0.15, -0.1) is 0 Å². The van der Waals surface area contributed by atoms with Crippen LogP contribution in [-0.4, -0.2) is 51.3 Å². The average Bonchev–Trinajstić information content (AvgIpc) is 3.48. The zero-order valence-electron chi connectivity index (χ0n) is 15.0. The van der Waals surface area contributed by atoms with Crippen LogP contribution in [0.2, 0.25) is 0 Å². The second kappa shape index (κ2) is 7.32. The number of anilines is 1. The number of nitriles is 1. The predicted octanol–water partition coefficient (Wildman–Crippen LogP) is 0.209. The van der Waals surface area contributed by atoms with Gasteiger partial charge >= 0.3 is 0 Å². The molecule has 1 atom stereocenters. The number of benzene rings is 1. The number of carbonyl (C=O) groups excluding carboxylic acids is 1. The number of para-hydroxylation sites is 2. The van der Waals surface area contributed by atoms with Gasteiger partial charge < -0.3 is 19.9 Å². The minimum Gasteiger partial charge on any atom is -0.495 e. The summed E-state index contributed by atoms with van der Waals surface area (Å²) in [6.45, 7) is 5.86. The molecule has 1 saturated heterocycles. The highest BCUT2D eigenvalue weighted by Gasteiger charge is 2.43. The Morgan fingerprint density at radius 3 is 2.68 bits per heavy atom. The number of quaternary nitrogens is 1. The Morgan fingerprint density at radius 1 is 1.40 bits per heavy atom. The van der Waals surface area contributed by atoms with Crippen LogP contribution in [0.25, 0.3) is 0 Å². The van der Waals surface area contributed by atoms with Crippen molar-refractivity contribution in [3.8, 4) is 11.8 Å². The van der Waals surface area contributed by atoms with Crippen LogP contribution < -0.4 is 19.9 Å². The number of carbonyl (C=O) groups is 1. The molecule has 2 N–H and O–H groups in total. The van der Waals surface area contributed by atoms with Crippen LogP contribution >= 0.6 is 0 Å². The maximum atomic E-state index is 12.4. The van der Waals surface area contributed by atoms with Gasteiger partial charge in [0.25, 0.3) is 5.91 Å². The van der Waals surface area contributed by atoms with Gasteiger partial charge in [-0.1, -0.05) is 12.1 Å². The van der Waals surface area contributed by atoms with E-state index < -0.39 is 5.54 Å². The predicted molar refractivity (Wildman–Crippen MR) is 95.7 cm³/mol. The summed E-state index contributed by atoms with van der Waals surface area (Å²) < 4.78 is 5.44. The summed E-state index contributed by atoms with van der Waals surface area (Å²) in [6, 6.07) is 10.3. The number of hydrogen-bond donors (Lipinski definition) is 2. The standard InChI is InChI=1S/C19H26N4O2/c1-19(14-20,15-7-8-15)21-18(24)13-22-9-11-23(12-10-22)16-5-3-4-6-17(16)25-2/h3-6,15H,7-13H2,1-2H3,(H,21,24)/p+1/t19-/m0/s1. The summed E-state index contributed by atoms with van der Waals surface area (Å²) >= 11 is 0. The first-order valence-corrected chi connectivity index (χ1v) is 8.99. The maximum Gasteiger partial charge on any atom is 0.276 e. The van der Waals surface area contributed by atoms with Gasteiger partial charge in [-0.25, -0.2) is 0 Å². The topological polar surface area (TPSA) is 69.8 Å². The number of rotatable bonds is 6. The molecule has 1 saturated carbocycles. The highest BCUT2D eigenvalue weighted by molar-refractivity contribution is 5.78. The van der Waals surface area contributed by atoms with Gasteiger partial charge in [-0.05, 0) is 37.8 Å². The van der Waals surface area contributed by atoms with E-state index in [1.807, 2.05) is 25.1 Å². The molecule has 0 spiro atoms. The molecule has 1 amide bonds. The minimum atomic E-state index is -0.699. The highest BCUT2D eigenvalue weighted by atomic mass is 16.5. The van der Waals surface area contributed by atoms with Gasteiger partial charge in [-0.2, -0.15) is 5.26 Å². The molecule has 6 nitrogen and oxygen atoms in total. The van der Waals surface area contributed by atoms with Crippen molar-refractivity contribution < 1.29 is 14.4 Å². The lowest BCUT2D eigenvalue weighted by molar-refractivity contribution is -0.892. The Balaban J connectivity index is 1.51. The molecule has 0 unspecified atom stereocenters. The van der Waals surface area contributed by atoms with E-state index in [-0.39, 0.29) is 5.91 Å². The van der Waals surface area contributed by atoms with Crippen molar-refractivity contribution in [1.29, 1.82) is 5.26 Å². The molecule has 6 heteroatoms. The van der Waals surface area contributed by atoms with Gasteiger partial charge in [0, 0.05) is 0 Å². The quantitative estimate of drug-likeness (QED) is 0.775.